The lowest BCUT2D eigenvalue weighted by atomic mass is 10.2. The van der Waals surface area contributed by atoms with Crippen molar-refractivity contribution < 1.29 is 4.79 Å². The number of hydrogen-bond donors (Lipinski definition) is 2. The lowest BCUT2D eigenvalue weighted by Crippen LogP contribution is -2.52. The van der Waals surface area contributed by atoms with Crippen molar-refractivity contribution in [1.29, 1.82) is 5.26 Å². The zero-order valence-electron chi connectivity index (χ0n) is 10.7. The normalized spacial score (nSPS) is 19.4. The number of nitriles is 1. The van der Waals surface area contributed by atoms with E-state index in [1.54, 1.807) is 18.2 Å². The Morgan fingerprint density at radius 1 is 1.50 bits per heavy atom. The van der Waals surface area contributed by atoms with E-state index in [0.717, 1.165) is 6.54 Å². The van der Waals surface area contributed by atoms with Crippen LogP contribution in [0.15, 0.2) is 18.2 Å². The highest BCUT2D eigenvalue weighted by molar-refractivity contribution is 6.42. The summed E-state index contributed by atoms with van der Waals surface area (Å²) in [6.45, 7) is 2.21. The van der Waals surface area contributed by atoms with Gasteiger partial charge in [0, 0.05) is 25.3 Å². The van der Waals surface area contributed by atoms with Crippen LogP contribution in [0.25, 0.3) is 0 Å². The zero-order chi connectivity index (χ0) is 14.5. The average Bonchev–Trinajstić information content (AvgIpc) is 2.43. The highest BCUT2D eigenvalue weighted by atomic mass is 35.5. The number of nitrogens with zero attached hydrogens (tertiary/aromatic N) is 2. The van der Waals surface area contributed by atoms with Crippen molar-refractivity contribution in [2.24, 2.45) is 0 Å². The van der Waals surface area contributed by atoms with Crippen LogP contribution in [0.4, 0.5) is 5.69 Å². The molecular formula is C13H14Cl2N4O. The molecule has 0 radical (unpaired) electrons. The highest BCUT2D eigenvalue weighted by Gasteiger charge is 2.23. The molecule has 1 aliphatic rings. The van der Waals surface area contributed by atoms with Crippen LogP contribution in [-0.2, 0) is 4.79 Å². The highest BCUT2D eigenvalue weighted by Crippen LogP contribution is 2.24. The molecule has 0 aromatic heterocycles. The quantitative estimate of drug-likeness (QED) is 0.892. The van der Waals surface area contributed by atoms with E-state index in [1.807, 2.05) is 4.90 Å². The molecule has 106 valence electrons. The molecule has 5 nitrogen and oxygen atoms in total. The number of nitrogens with one attached hydrogen (secondary N) is 2. The van der Waals surface area contributed by atoms with E-state index in [2.05, 4.69) is 16.7 Å². The summed E-state index contributed by atoms with van der Waals surface area (Å²) in [7, 11) is 0. The minimum absolute atomic E-state index is 0.175. The van der Waals surface area contributed by atoms with Gasteiger partial charge in [-0.1, -0.05) is 23.2 Å². The lowest BCUT2D eigenvalue weighted by Gasteiger charge is -2.31. The number of carbonyl (C=O) groups excluding carboxylic acids is 1. The summed E-state index contributed by atoms with van der Waals surface area (Å²) in [4.78, 5) is 13.8. The maximum absolute atomic E-state index is 12.0. The van der Waals surface area contributed by atoms with Gasteiger partial charge in [-0.15, -0.1) is 0 Å². The second-order valence-corrected chi connectivity index (χ2v) is 5.31. The monoisotopic (exact) mass is 312 g/mol. The van der Waals surface area contributed by atoms with Gasteiger partial charge in [0.2, 0.25) is 5.91 Å². The summed E-state index contributed by atoms with van der Waals surface area (Å²) in [6, 6.07) is 6.82. The minimum Gasteiger partial charge on any atom is -0.325 e. The van der Waals surface area contributed by atoms with E-state index < -0.39 is 0 Å². The zero-order valence-corrected chi connectivity index (χ0v) is 12.2. The minimum atomic E-state index is -0.275. The molecule has 2 rings (SSSR count). The molecule has 0 spiro atoms. The summed E-state index contributed by atoms with van der Waals surface area (Å²) in [5, 5.41) is 15.7. The summed E-state index contributed by atoms with van der Waals surface area (Å²) in [6.07, 6.45) is 0. The van der Waals surface area contributed by atoms with Crippen LogP contribution in [0.2, 0.25) is 10.0 Å². The van der Waals surface area contributed by atoms with E-state index in [0.29, 0.717) is 28.8 Å². The number of piperazine rings is 1. The van der Waals surface area contributed by atoms with E-state index in [4.69, 9.17) is 28.5 Å². The number of carbonyl (C=O) groups is 1. The Balaban J connectivity index is 1.94. The molecule has 1 heterocycles. The first kappa shape index (κ1) is 15.1. The largest absolute Gasteiger partial charge is 0.325 e. The Bertz CT molecular complexity index is 544. The molecule has 1 fully saturated rings. The predicted octanol–water partition coefficient (Wildman–Crippen LogP) is 1.73. The van der Waals surface area contributed by atoms with Gasteiger partial charge in [-0.3, -0.25) is 9.69 Å². The lowest BCUT2D eigenvalue weighted by molar-refractivity contribution is -0.117. The third-order valence-corrected chi connectivity index (χ3v) is 3.79. The van der Waals surface area contributed by atoms with Crippen LogP contribution < -0.4 is 10.6 Å². The van der Waals surface area contributed by atoms with Crippen molar-refractivity contribution in [2.75, 3.05) is 31.5 Å². The van der Waals surface area contributed by atoms with E-state index in [1.165, 1.54) is 0 Å². The molecule has 1 saturated heterocycles. The fourth-order valence-corrected chi connectivity index (χ4v) is 2.32. The number of halogens is 2. The van der Waals surface area contributed by atoms with Gasteiger partial charge in [0.25, 0.3) is 0 Å². The predicted molar refractivity (Wildman–Crippen MR) is 78.9 cm³/mol. The first-order valence-corrected chi connectivity index (χ1v) is 6.95. The van der Waals surface area contributed by atoms with Crippen LogP contribution in [0.1, 0.15) is 0 Å². The maximum Gasteiger partial charge on any atom is 0.238 e. The number of benzene rings is 1. The van der Waals surface area contributed by atoms with Gasteiger partial charge in [0.1, 0.15) is 6.04 Å². The third kappa shape index (κ3) is 3.84. The topological polar surface area (TPSA) is 68.2 Å². The maximum atomic E-state index is 12.0. The van der Waals surface area contributed by atoms with Crippen molar-refractivity contribution in [3.05, 3.63) is 28.2 Å². The van der Waals surface area contributed by atoms with Gasteiger partial charge in [-0.2, -0.15) is 5.26 Å². The molecule has 20 heavy (non-hydrogen) atoms. The molecule has 0 aliphatic carbocycles. The van der Waals surface area contributed by atoms with Gasteiger partial charge in [0.05, 0.1) is 22.7 Å². The van der Waals surface area contributed by atoms with E-state index in [-0.39, 0.29) is 18.5 Å². The summed E-state index contributed by atoms with van der Waals surface area (Å²) < 4.78 is 0. The Kier molecular flexibility index (Phi) is 5.21. The molecule has 7 heteroatoms. The van der Waals surface area contributed by atoms with Gasteiger partial charge >= 0.3 is 0 Å². The second kappa shape index (κ2) is 6.91. The van der Waals surface area contributed by atoms with E-state index >= 15 is 0 Å². The Morgan fingerprint density at radius 3 is 3.00 bits per heavy atom. The van der Waals surface area contributed by atoms with Crippen LogP contribution in [0.5, 0.6) is 0 Å². The molecule has 1 aromatic rings. The molecule has 1 aromatic carbocycles. The number of amides is 1. The van der Waals surface area contributed by atoms with Gasteiger partial charge in [-0.25, -0.2) is 0 Å². The standard InChI is InChI=1S/C13H14Cl2N4O/c14-11-2-1-9(5-12(11)15)18-13(20)8-19-4-3-17-7-10(19)6-16/h1-2,5,10,17H,3-4,7-8H2,(H,18,20). The van der Waals surface area contributed by atoms with Crippen molar-refractivity contribution in [2.45, 2.75) is 6.04 Å². The molecule has 1 unspecified atom stereocenters. The molecule has 2 N–H and O–H groups in total. The summed E-state index contributed by atoms with van der Waals surface area (Å²) in [5.41, 5.74) is 0.591. The van der Waals surface area contributed by atoms with Crippen LogP contribution in [0.3, 0.4) is 0 Å². The summed E-state index contributed by atoms with van der Waals surface area (Å²) in [5.74, 6) is -0.175. The molecular weight excluding hydrogens is 299 g/mol. The molecule has 1 atom stereocenters. The third-order valence-electron chi connectivity index (χ3n) is 3.05. The van der Waals surface area contributed by atoms with Crippen molar-refractivity contribution in [1.82, 2.24) is 10.2 Å². The van der Waals surface area contributed by atoms with E-state index in [9.17, 15) is 4.79 Å². The number of hydrogen-bond acceptors (Lipinski definition) is 4. The van der Waals surface area contributed by atoms with Gasteiger partial charge < -0.3 is 10.6 Å². The average molecular weight is 313 g/mol. The fraction of sp³-hybridized carbons (Fsp3) is 0.385. The molecule has 1 amide bonds. The van der Waals surface area contributed by atoms with Crippen LogP contribution in [0, 0.1) is 11.3 Å². The Morgan fingerprint density at radius 2 is 2.30 bits per heavy atom. The van der Waals surface area contributed by atoms with Crippen LogP contribution in [-0.4, -0.2) is 43.0 Å². The van der Waals surface area contributed by atoms with Crippen molar-refractivity contribution >= 4 is 34.8 Å². The second-order valence-electron chi connectivity index (χ2n) is 4.50. The smallest absolute Gasteiger partial charge is 0.238 e. The van der Waals surface area contributed by atoms with Crippen molar-refractivity contribution in [3.8, 4) is 6.07 Å². The Labute approximate surface area is 127 Å². The molecule has 1 aliphatic heterocycles. The molecule has 0 bridgehead atoms. The first-order valence-electron chi connectivity index (χ1n) is 6.19. The van der Waals surface area contributed by atoms with Crippen molar-refractivity contribution in [3.63, 3.8) is 0 Å². The number of anilines is 1. The summed E-state index contributed by atoms with van der Waals surface area (Å²) >= 11 is 11.7. The fourth-order valence-electron chi connectivity index (χ4n) is 2.02. The first-order chi connectivity index (χ1) is 9.60. The Hall–Kier alpha value is -1.32. The van der Waals surface area contributed by atoms with Crippen LogP contribution >= 0.6 is 23.2 Å². The number of rotatable bonds is 3. The molecule has 0 saturated carbocycles. The van der Waals surface area contributed by atoms with Gasteiger partial charge in [-0.05, 0) is 18.2 Å². The SMILES string of the molecule is N#CC1CNCCN1CC(=O)Nc1ccc(Cl)c(Cl)c1. The van der Waals surface area contributed by atoms with Gasteiger partial charge in [0.15, 0.2) is 0 Å².